The lowest BCUT2D eigenvalue weighted by molar-refractivity contribution is 0.337. The molecule has 1 aliphatic heterocycles. The minimum atomic E-state index is -0.266. The van der Waals surface area contributed by atoms with Gasteiger partial charge in [-0.2, -0.15) is 5.26 Å². The first-order valence-electron chi connectivity index (χ1n) is 8.74. The maximum atomic E-state index is 9.34. The molecular weight excluding hydrogens is 362 g/mol. The van der Waals surface area contributed by atoms with Gasteiger partial charge in [-0.05, 0) is 36.9 Å². The summed E-state index contributed by atoms with van der Waals surface area (Å²) in [4.78, 5) is 6.99. The van der Waals surface area contributed by atoms with Crippen molar-refractivity contribution in [1.82, 2.24) is 4.98 Å². The summed E-state index contributed by atoms with van der Waals surface area (Å²) in [6.45, 7) is 5.66. The third-order valence-corrected chi connectivity index (χ3v) is 6.15. The van der Waals surface area contributed by atoms with Crippen LogP contribution < -0.4 is 4.90 Å². The van der Waals surface area contributed by atoms with Crippen molar-refractivity contribution >= 4 is 40.0 Å². The Balaban J connectivity index is 1.83. The van der Waals surface area contributed by atoms with Crippen molar-refractivity contribution in [3.63, 3.8) is 0 Å². The molecule has 4 rings (SSSR count). The van der Waals surface area contributed by atoms with Gasteiger partial charge >= 0.3 is 0 Å². The number of para-hydroxylation sites is 1. The minimum absolute atomic E-state index is 0.266. The number of nitrogens with zero attached hydrogens (tertiary/aromatic N) is 2. The highest BCUT2D eigenvalue weighted by molar-refractivity contribution is 7.99. The lowest BCUT2D eigenvalue weighted by Gasteiger charge is -2.45. The number of nitriles is 1. The molecule has 0 unspecified atom stereocenters. The largest absolute Gasteiger partial charge is 0.368 e. The van der Waals surface area contributed by atoms with E-state index in [1.54, 1.807) is 0 Å². The monoisotopic (exact) mass is 381 g/mol. The standard InChI is InChI=1S/C21H20ClN3S/c1-3-26-14-8-9-18(25-12-21(2,11-23)13-25)16(10-14)20-19(22)15-6-4-5-7-17(15)24-20/h4-10,24H,3,12-13H2,1-2H3. The van der Waals surface area contributed by atoms with E-state index in [2.05, 4.69) is 41.1 Å². The number of anilines is 1. The average molecular weight is 382 g/mol. The van der Waals surface area contributed by atoms with Crippen molar-refractivity contribution in [3.8, 4) is 17.3 Å². The maximum Gasteiger partial charge on any atom is 0.0894 e. The van der Waals surface area contributed by atoms with E-state index < -0.39 is 0 Å². The van der Waals surface area contributed by atoms with Gasteiger partial charge < -0.3 is 9.88 Å². The molecule has 1 fully saturated rings. The van der Waals surface area contributed by atoms with Crippen LogP contribution >= 0.6 is 23.4 Å². The Morgan fingerprint density at radius 2 is 2.04 bits per heavy atom. The second-order valence-electron chi connectivity index (χ2n) is 7.00. The molecule has 5 heteroatoms. The number of rotatable bonds is 4. The number of aromatic nitrogens is 1. The summed E-state index contributed by atoms with van der Waals surface area (Å²) in [5.74, 6) is 1.02. The minimum Gasteiger partial charge on any atom is -0.368 e. The molecule has 1 N–H and O–H groups in total. The van der Waals surface area contributed by atoms with Gasteiger partial charge in [0.2, 0.25) is 0 Å². The molecule has 0 radical (unpaired) electrons. The first-order valence-corrected chi connectivity index (χ1v) is 10.1. The number of H-pyrrole nitrogens is 1. The molecule has 0 saturated carbocycles. The smallest absolute Gasteiger partial charge is 0.0894 e. The van der Waals surface area contributed by atoms with E-state index in [1.165, 1.54) is 4.90 Å². The topological polar surface area (TPSA) is 42.8 Å². The van der Waals surface area contributed by atoms with E-state index >= 15 is 0 Å². The molecule has 2 aromatic carbocycles. The third kappa shape index (κ3) is 2.86. The van der Waals surface area contributed by atoms with Crippen LogP contribution in [-0.2, 0) is 0 Å². The fourth-order valence-electron chi connectivity index (χ4n) is 3.58. The molecule has 0 bridgehead atoms. The molecule has 0 atom stereocenters. The Morgan fingerprint density at radius 1 is 1.27 bits per heavy atom. The highest BCUT2D eigenvalue weighted by Gasteiger charge is 2.40. The van der Waals surface area contributed by atoms with Gasteiger partial charge in [0.25, 0.3) is 0 Å². The van der Waals surface area contributed by atoms with Crippen molar-refractivity contribution in [3.05, 3.63) is 47.5 Å². The molecule has 0 spiro atoms. The second-order valence-corrected chi connectivity index (χ2v) is 8.72. The molecule has 1 aliphatic rings. The van der Waals surface area contributed by atoms with Gasteiger partial charge in [0.15, 0.2) is 0 Å². The zero-order valence-electron chi connectivity index (χ0n) is 14.8. The fraction of sp³-hybridized carbons (Fsp3) is 0.286. The Morgan fingerprint density at radius 3 is 2.73 bits per heavy atom. The second kappa shape index (κ2) is 6.57. The molecule has 0 aliphatic carbocycles. The summed E-state index contributed by atoms with van der Waals surface area (Å²) in [6, 6.07) is 17.1. The lowest BCUT2D eigenvalue weighted by Crippen LogP contribution is -2.54. The van der Waals surface area contributed by atoms with Gasteiger partial charge in [-0.25, -0.2) is 0 Å². The molecule has 26 heavy (non-hydrogen) atoms. The molecule has 1 saturated heterocycles. The molecule has 3 nitrogen and oxygen atoms in total. The van der Waals surface area contributed by atoms with Crippen LogP contribution in [0.2, 0.25) is 5.02 Å². The van der Waals surface area contributed by atoms with Crippen LogP contribution in [0, 0.1) is 16.7 Å². The van der Waals surface area contributed by atoms with Gasteiger partial charge in [0, 0.05) is 40.1 Å². The van der Waals surface area contributed by atoms with Gasteiger partial charge in [0.05, 0.1) is 22.2 Å². The third-order valence-electron chi connectivity index (χ3n) is 4.88. The highest BCUT2D eigenvalue weighted by atomic mass is 35.5. The van der Waals surface area contributed by atoms with Crippen molar-refractivity contribution < 1.29 is 0 Å². The molecular formula is C21H20ClN3S. The highest BCUT2D eigenvalue weighted by Crippen LogP contribution is 2.44. The Kier molecular flexibility index (Phi) is 4.38. The van der Waals surface area contributed by atoms with Crippen LogP contribution in [0.3, 0.4) is 0 Å². The summed E-state index contributed by atoms with van der Waals surface area (Å²) in [5.41, 5.74) is 3.96. The first kappa shape index (κ1) is 17.3. The zero-order chi connectivity index (χ0) is 18.3. The maximum absolute atomic E-state index is 9.34. The van der Waals surface area contributed by atoms with Crippen LogP contribution in [0.5, 0.6) is 0 Å². The number of hydrogen-bond acceptors (Lipinski definition) is 3. The number of benzene rings is 2. The molecule has 2 heterocycles. The van der Waals surface area contributed by atoms with E-state index in [1.807, 2.05) is 43.0 Å². The van der Waals surface area contributed by atoms with E-state index in [0.29, 0.717) is 0 Å². The Labute approximate surface area is 163 Å². The van der Waals surface area contributed by atoms with Crippen molar-refractivity contribution in [1.29, 1.82) is 5.26 Å². The van der Waals surface area contributed by atoms with E-state index in [-0.39, 0.29) is 5.41 Å². The van der Waals surface area contributed by atoms with Crippen molar-refractivity contribution in [2.45, 2.75) is 18.7 Å². The summed E-state index contributed by atoms with van der Waals surface area (Å²) >= 11 is 8.55. The first-order chi connectivity index (χ1) is 12.5. The van der Waals surface area contributed by atoms with Crippen LogP contribution in [0.4, 0.5) is 5.69 Å². The van der Waals surface area contributed by atoms with E-state index in [9.17, 15) is 5.26 Å². The summed E-state index contributed by atoms with van der Waals surface area (Å²) in [5, 5.41) is 11.1. The summed E-state index contributed by atoms with van der Waals surface area (Å²) in [6.07, 6.45) is 0. The van der Waals surface area contributed by atoms with Crippen molar-refractivity contribution in [2.75, 3.05) is 23.7 Å². The normalized spacial score (nSPS) is 15.7. The van der Waals surface area contributed by atoms with Crippen LogP contribution in [0.15, 0.2) is 47.4 Å². The van der Waals surface area contributed by atoms with Gasteiger partial charge in [0.1, 0.15) is 0 Å². The van der Waals surface area contributed by atoms with Gasteiger partial charge in [-0.3, -0.25) is 0 Å². The SMILES string of the molecule is CCSc1ccc(N2CC(C)(C#N)C2)c(-c2[nH]c3ccccc3c2Cl)c1. The fourth-order valence-corrected chi connectivity index (χ4v) is 4.59. The predicted octanol–water partition coefficient (Wildman–Crippen LogP) is 5.95. The van der Waals surface area contributed by atoms with Crippen molar-refractivity contribution in [2.24, 2.45) is 5.41 Å². The quantitative estimate of drug-likeness (QED) is 0.568. The number of fused-ring (bicyclic) bond motifs is 1. The molecule has 3 aromatic rings. The number of aromatic amines is 1. The van der Waals surface area contributed by atoms with Gasteiger partial charge in [-0.15, -0.1) is 11.8 Å². The van der Waals surface area contributed by atoms with Crippen LogP contribution in [0.25, 0.3) is 22.2 Å². The number of nitrogens with one attached hydrogen (secondary N) is 1. The number of hydrogen-bond donors (Lipinski definition) is 1. The van der Waals surface area contributed by atoms with Crippen LogP contribution in [-0.4, -0.2) is 23.8 Å². The average Bonchev–Trinajstić information content (AvgIpc) is 2.96. The predicted molar refractivity (Wildman–Crippen MR) is 111 cm³/mol. The molecule has 1 aromatic heterocycles. The van der Waals surface area contributed by atoms with Crippen LogP contribution in [0.1, 0.15) is 13.8 Å². The van der Waals surface area contributed by atoms with E-state index in [4.69, 9.17) is 11.6 Å². The lowest BCUT2D eigenvalue weighted by atomic mass is 9.83. The Hall–Kier alpha value is -2.09. The van der Waals surface area contributed by atoms with Gasteiger partial charge in [-0.1, -0.05) is 36.7 Å². The molecule has 132 valence electrons. The number of thioether (sulfide) groups is 1. The number of halogens is 1. The Bertz CT molecular complexity index is 1010. The zero-order valence-corrected chi connectivity index (χ0v) is 16.4. The summed E-state index contributed by atoms with van der Waals surface area (Å²) < 4.78 is 0. The molecule has 0 amide bonds. The van der Waals surface area contributed by atoms with E-state index in [0.717, 1.165) is 51.7 Å². The summed E-state index contributed by atoms with van der Waals surface area (Å²) in [7, 11) is 0.